The third-order valence-electron chi connectivity index (χ3n) is 4.68. The van der Waals surface area contributed by atoms with Crippen molar-refractivity contribution in [3.8, 4) is 16.9 Å². The molecule has 8 nitrogen and oxygen atoms in total. The van der Waals surface area contributed by atoms with Gasteiger partial charge in [0.2, 0.25) is 0 Å². The lowest BCUT2D eigenvalue weighted by atomic mass is 10.0. The zero-order chi connectivity index (χ0) is 18.8. The summed E-state index contributed by atoms with van der Waals surface area (Å²) in [7, 11) is 5.13. The number of ether oxygens (including phenoxy) is 1. The van der Waals surface area contributed by atoms with Gasteiger partial charge in [0.05, 0.1) is 18.2 Å². The Kier molecular flexibility index (Phi) is 5.19. The second kappa shape index (κ2) is 7.38. The number of aryl methyl sites for hydroxylation is 1. The standard InChI is InChI=1S/C17H22FN5O3/c1-21-9-11(10-21)19-5-4-15-13(8-20-22(15)2)12-6-16(23(24)25)17(26-3)7-14(12)18/h6-8,11,19H,4-5,9-10H2,1-3H3. The van der Waals surface area contributed by atoms with Gasteiger partial charge in [0.1, 0.15) is 5.82 Å². The first-order valence-corrected chi connectivity index (χ1v) is 8.35. The first-order valence-electron chi connectivity index (χ1n) is 8.35. The van der Waals surface area contributed by atoms with Gasteiger partial charge in [-0.2, -0.15) is 5.10 Å². The molecule has 0 aliphatic carbocycles. The smallest absolute Gasteiger partial charge is 0.311 e. The van der Waals surface area contributed by atoms with Gasteiger partial charge >= 0.3 is 5.69 Å². The van der Waals surface area contributed by atoms with Crippen LogP contribution in [0.1, 0.15) is 5.69 Å². The molecule has 0 atom stereocenters. The number of aromatic nitrogens is 2. The predicted molar refractivity (Wildman–Crippen MR) is 94.8 cm³/mol. The van der Waals surface area contributed by atoms with Crippen molar-refractivity contribution in [2.45, 2.75) is 12.5 Å². The fourth-order valence-corrected chi connectivity index (χ4v) is 3.26. The Morgan fingerprint density at radius 2 is 2.12 bits per heavy atom. The fraction of sp³-hybridized carbons (Fsp3) is 0.471. The largest absolute Gasteiger partial charge is 0.490 e. The Labute approximate surface area is 150 Å². The molecule has 0 amide bonds. The van der Waals surface area contributed by atoms with Crippen molar-refractivity contribution in [3.63, 3.8) is 0 Å². The van der Waals surface area contributed by atoms with E-state index in [4.69, 9.17) is 4.74 Å². The Morgan fingerprint density at radius 1 is 1.38 bits per heavy atom. The van der Waals surface area contributed by atoms with E-state index in [9.17, 15) is 14.5 Å². The molecule has 0 radical (unpaired) electrons. The molecule has 1 aromatic carbocycles. The quantitative estimate of drug-likeness (QED) is 0.594. The molecule has 2 aromatic rings. The molecule has 26 heavy (non-hydrogen) atoms. The highest BCUT2D eigenvalue weighted by molar-refractivity contribution is 5.71. The number of nitrogens with zero attached hydrogens (tertiary/aromatic N) is 4. The summed E-state index contributed by atoms with van der Waals surface area (Å²) < 4.78 is 21.1. The Balaban J connectivity index is 1.85. The van der Waals surface area contributed by atoms with Crippen molar-refractivity contribution in [3.05, 3.63) is 40.0 Å². The molecular formula is C17H22FN5O3. The molecule has 1 aliphatic heterocycles. The molecule has 140 valence electrons. The summed E-state index contributed by atoms with van der Waals surface area (Å²) in [5, 5.41) is 18.9. The molecule has 0 saturated carbocycles. The van der Waals surface area contributed by atoms with Crippen molar-refractivity contribution in [1.82, 2.24) is 20.0 Å². The molecule has 0 bridgehead atoms. The highest BCUT2D eigenvalue weighted by Crippen LogP contribution is 2.36. The summed E-state index contributed by atoms with van der Waals surface area (Å²) in [6.45, 7) is 2.75. The number of nitrogens with one attached hydrogen (secondary N) is 1. The van der Waals surface area contributed by atoms with E-state index in [2.05, 4.69) is 22.4 Å². The lowest BCUT2D eigenvalue weighted by Crippen LogP contribution is -2.56. The summed E-state index contributed by atoms with van der Waals surface area (Å²) in [6.07, 6.45) is 2.19. The topological polar surface area (TPSA) is 85.5 Å². The number of hydrogen-bond donors (Lipinski definition) is 1. The van der Waals surface area contributed by atoms with Crippen molar-refractivity contribution < 1.29 is 14.1 Å². The van der Waals surface area contributed by atoms with Gasteiger partial charge in [-0.1, -0.05) is 0 Å². The molecule has 0 spiro atoms. The number of halogens is 1. The van der Waals surface area contributed by atoms with Gasteiger partial charge < -0.3 is 15.0 Å². The predicted octanol–water partition coefficient (Wildman–Crippen LogP) is 1.59. The highest BCUT2D eigenvalue weighted by Gasteiger charge is 2.24. The number of benzene rings is 1. The Morgan fingerprint density at radius 3 is 2.73 bits per heavy atom. The normalized spacial score (nSPS) is 15.1. The maximum absolute atomic E-state index is 14.6. The first kappa shape index (κ1) is 18.3. The molecule has 1 aromatic heterocycles. The van der Waals surface area contributed by atoms with Crippen molar-refractivity contribution >= 4 is 5.69 Å². The van der Waals surface area contributed by atoms with Crippen LogP contribution in [0.5, 0.6) is 5.75 Å². The average Bonchev–Trinajstić information content (AvgIpc) is 2.93. The molecule has 1 aliphatic rings. The second-order valence-electron chi connectivity index (χ2n) is 6.51. The van der Waals surface area contributed by atoms with E-state index in [1.165, 1.54) is 13.2 Å². The average molecular weight is 363 g/mol. The zero-order valence-corrected chi connectivity index (χ0v) is 15.0. The minimum Gasteiger partial charge on any atom is -0.490 e. The SMILES string of the molecule is COc1cc(F)c(-c2cnn(C)c2CCNC2CN(C)C2)cc1[N+](=O)[O-]. The number of nitro benzene ring substituents is 1. The lowest BCUT2D eigenvalue weighted by molar-refractivity contribution is -0.385. The van der Waals surface area contributed by atoms with E-state index in [-0.39, 0.29) is 17.0 Å². The molecule has 2 heterocycles. The number of hydrogen-bond acceptors (Lipinski definition) is 6. The van der Waals surface area contributed by atoms with Crippen molar-refractivity contribution in [1.29, 1.82) is 0 Å². The molecule has 1 fully saturated rings. The van der Waals surface area contributed by atoms with Gasteiger partial charge in [-0.15, -0.1) is 0 Å². The van der Waals surface area contributed by atoms with Crippen LogP contribution in [0, 0.1) is 15.9 Å². The van der Waals surface area contributed by atoms with Crippen molar-refractivity contribution in [2.24, 2.45) is 7.05 Å². The van der Waals surface area contributed by atoms with Crippen LogP contribution in [-0.4, -0.2) is 59.4 Å². The Hall–Kier alpha value is -2.52. The van der Waals surface area contributed by atoms with Crippen LogP contribution in [0.15, 0.2) is 18.3 Å². The summed E-state index contributed by atoms with van der Waals surface area (Å²) in [6, 6.07) is 2.73. The van der Waals surface area contributed by atoms with Gasteiger partial charge in [0.25, 0.3) is 0 Å². The van der Waals surface area contributed by atoms with Crippen LogP contribution >= 0.6 is 0 Å². The maximum Gasteiger partial charge on any atom is 0.311 e. The number of nitro groups is 1. The molecule has 3 rings (SSSR count). The van der Waals surface area contributed by atoms with E-state index >= 15 is 0 Å². The molecule has 1 saturated heterocycles. The fourth-order valence-electron chi connectivity index (χ4n) is 3.26. The summed E-state index contributed by atoms with van der Waals surface area (Å²) in [5.41, 5.74) is 1.27. The highest BCUT2D eigenvalue weighted by atomic mass is 19.1. The zero-order valence-electron chi connectivity index (χ0n) is 15.0. The van der Waals surface area contributed by atoms with E-state index < -0.39 is 10.7 Å². The number of rotatable bonds is 7. The molecule has 0 unspecified atom stereocenters. The lowest BCUT2D eigenvalue weighted by Gasteiger charge is -2.36. The van der Waals surface area contributed by atoms with Gasteiger partial charge in [0.15, 0.2) is 5.75 Å². The maximum atomic E-state index is 14.6. The van der Waals surface area contributed by atoms with Crippen LogP contribution in [0.4, 0.5) is 10.1 Å². The number of likely N-dealkylation sites (tertiary alicyclic amines) is 1. The second-order valence-corrected chi connectivity index (χ2v) is 6.51. The molecule has 1 N–H and O–H groups in total. The summed E-state index contributed by atoms with van der Waals surface area (Å²) in [5.74, 6) is -0.673. The van der Waals surface area contributed by atoms with E-state index in [0.717, 1.165) is 31.4 Å². The van der Waals surface area contributed by atoms with Gasteiger partial charge in [0, 0.05) is 68.1 Å². The van der Waals surface area contributed by atoms with E-state index in [1.54, 1.807) is 17.9 Å². The van der Waals surface area contributed by atoms with Crippen LogP contribution in [0.2, 0.25) is 0 Å². The third kappa shape index (κ3) is 3.54. The van der Waals surface area contributed by atoms with Crippen LogP contribution < -0.4 is 10.1 Å². The van der Waals surface area contributed by atoms with Crippen molar-refractivity contribution in [2.75, 3.05) is 33.8 Å². The monoisotopic (exact) mass is 363 g/mol. The number of methoxy groups -OCH3 is 1. The minimum atomic E-state index is -0.577. The van der Waals surface area contributed by atoms with Crippen LogP contribution in [0.3, 0.4) is 0 Å². The van der Waals surface area contributed by atoms with Gasteiger partial charge in [-0.3, -0.25) is 14.8 Å². The third-order valence-corrected chi connectivity index (χ3v) is 4.68. The summed E-state index contributed by atoms with van der Waals surface area (Å²) in [4.78, 5) is 12.9. The van der Waals surface area contributed by atoms with Gasteiger partial charge in [-0.25, -0.2) is 4.39 Å². The Bertz CT molecular complexity index is 817. The first-order chi connectivity index (χ1) is 12.4. The van der Waals surface area contributed by atoms with E-state index in [1.807, 2.05) is 0 Å². The number of likely N-dealkylation sites (N-methyl/N-ethyl adjacent to an activating group) is 1. The van der Waals surface area contributed by atoms with Crippen LogP contribution in [0.25, 0.3) is 11.1 Å². The van der Waals surface area contributed by atoms with Crippen LogP contribution in [-0.2, 0) is 13.5 Å². The minimum absolute atomic E-state index is 0.0996. The molecular weight excluding hydrogens is 341 g/mol. The van der Waals surface area contributed by atoms with E-state index in [0.29, 0.717) is 18.0 Å². The molecule has 9 heteroatoms. The van der Waals surface area contributed by atoms with Gasteiger partial charge in [-0.05, 0) is 7.05 Å². The summed E-state index contributed by atoms with van der Waals surface area (Å²) >= 11 is 0.